The Hall–Kier alpha value is -3.06. The van der Waals surface area contributed by atoms with Crippen LogP contribution < -0.4 is 0 Å². The average molecular weight is 389 g/mol. The number of nitrogens with zero attached hydrogens (tertiary/aromatic N) is 5. The van der Waals surface area contributed by atoms with Crippen molar-refractivity contribution in [1.29, 1.82) is 0 Å². The van der Waals surface area contributed by atoms with Gasteiger partial charge in [0.05, 0.1) is 6.04 Å². The Morgan fingerprint density at radius 3 is 2.62 bits per heavy atom. The molecule has 0 radical (unpaired) electrons. The van der Waals surface area contributed by atoms with Crippen LogP contribution in [0.2, 0.25) is 0 Å². The number of carbonyl (C=O) groups excluding carboxylic acids is 1. The topological polar surface area (TPSA) is 75.4 Å². The van der Waals surface area contributed by atoms with Crippen LogP contribution in [0.4, 0.5) is 0 Å². The highest BCUT2D eigenvalue weighted by Crippen LogP contribution is 2.47. The van der Waals surface area contributed by atoms with E-state index in [1.54, 1.807) is 6.07 Å². The van der Waals surface area contributed by atoms with Crippen LogP contribution in [0.3, 0.4) is 0 Å². The molecule has 7 heteroatoms. The van der Waals surface area contributed by atoms with Gasteiger partial charge in [-0.15, -0.1) is 10.2 Å². The number of hydrogen-bond acceptors (Lipinski definition) is 6. The van der Waals surface area contributed by atoms with Gasteiger partial charge in [-0.1, -0.05) is 24.3 Å². The van der Waals surface area contributed by atoms with Crippen molar-refractivity contribution in [2.45, 2.75) is 19.4 Å². The lowest BCUT2D eigenvalue weighted by atomic mass is 9.77. The van der Waals surface area contributed by atoms with Gasteiger partial charge in [-0.3, -0.25) is 9.69 Å². The fraction of sp³-hybridized carbons (Fsp3) is 0.364. The zero-order chi connectivity index (χ0) is 20.0. The van der Waals surface area contributed by atoms with Crippen molar-refractivity contribution in [3.05, 3.63) is 65.8 Å². The molecule has 1 aromatic carbocycles. The van der Waals surface area contributed by atoms with Crippen molar-refractivity contribution < 1.29 is 9.21 Å². The van der Waals surface area contributed by atoms with E-state index in [2.05, 4.69) is 27.1 Å². The molecule has 2 aromatic heterocycles. The minimum Gasteiger partial charge on any atom is -0.419 e. The van der Waals surface area contributed by atoms with Gasteiger partial charge >= 0.3 is 0 Å². The molecule has 0 aliphatic carbocycles. The summed E-state index contributed by atoms with van der Waals surface area (Å²) in [7, 11) is 2.08. The van der Waals surface area contributed by atoms with E-state index in [0.717, 1.165) is 37.3 Å². The lowest BCUT2D eigenvalue weighted by molar-refractivity contribution is 0.0110. The molecule has 0 bridgehead atoms. The summed E-state index contributed by atoms with van der Waals surface area (Å²) in [6.07, 6.45) is 0.908. The highest BCUT2D eigenvalue weighted by Gasteiger charge is 2.53. The van der Waals surface area contributed by atoms with Crippen LogP contribution in [-0.2, 0) is 0 Å². The minimum absolute atomic E-state index is 0.00887. The summed E-state index contributed by atoms with van der Waals surface area (Å²) in [5.74, 6) is 1.20. The minimum atomic E-state index is 0.00887. The second-order valence-electron chi connectivity index (χ2n) is 8.27. The molecule has 2 saturated heterocycles. The summed E-state index contributed by atoms with van der Waals surface area (Å²) in [6.45, 7) is 4.29. The molecule has 0 N–H and O–H groups in total. The van der Waals surface area contributed by atoms with Gasteiger partial charge in [0, 0.05) is 36.3 Å². The molecule has 1 unspecified atom stereocenters. The van der Waals surface area contributed by atoms with E-state index >= 15 is 0 Å². The molecule has 2 aliphatic rings. The van der Waals surface area contributed by atoms with Gasteiger partial charge in [0.25, 0.3) is 5.91 Å². The molecule has 7 nitrogen and oxygen atoms in total. The summed E-state index contributed by atoms with van der Waals surface area (Å²) in [5, 5.41) is 8.54. The third-order valence-corrected chi connectivity index (χ3v) is 5.94. The first-order valence-electron chi connectivity index (χ1n) is 9.85. The van der Waals surface area contributed by atoms with Crippen LogP contribution in [0.1, 0.15) is 34.5 Å². The first-order valence-corrected chi connectivity index (χ1v) is 9.85. The zero-order valence-corrected chi connectivity index (χ0v) is 16.6. The van der Waals surface area contributed by atoms with Crippen LogP contribution in [0.5, 0.6) is 0 Å². The van der Waals surface area contributed by atoms with Crippen LogP contribution in [-0.4, -0.2) is 57.6 Å². The standard InChI is InChI=1S/C22H23N5O2/c1-15-7-6-10-17(23-15)21(28)27-13-22(14-27)11-18(26(2)12-22)20-25-24-19(29-20)16-8-4-3-5-9-16/h3-10,18H,11-14H2,1-2H3. The maximum atomic E-state index is 12.7. The number of likely N-dealkylation sites (tertiary alicyclic amines) is 2. The maximum absolute atomic E-state index is 12.7. The first-order chi connectivity index (χ1) is 14.0. The number of amides is 1. The van der Waals surface area contributed by atoms with Gasteiger partial charge in [-0.25, -0.2) is 4.98 Å². The number of aryl methyl sites for hydroxylation is 1. The Kier molecular flexibility index (Phi) is 4.20. The highest BCUT2D eigenvalue weighted by atomic mass is 16.4. The molecule has 2 aliphatic heterocycles. The third-order valence-electron chi connectivity index (χ3n) is 5.94. The second kappa shape index (κ2) is 6.77. The SMILES string of the molecule is Cc1cccc(C(=O)N2CC3(CC(c4nnc(-c5ccccc5)o4)N(C)C3)C2)n1. The van der Waals surface area contributed by atoms with E-state index in [-0.39, 0.29) is 17.4 Å². The van der Waals surface area contributed by atoms with E-state index in [1.807, 2.05) is 54.3 Å². The Labute approximate surface area is 169 Å². The average Bonchev–Trinajstić information content (AvgIpc) is 3.32. The number of carbonyl (C=O) groups is 1. The molecule has 29 heavy (non-hydrogen) atoms. The number of pyridine rings is 1. The lowest BCUT2D eigenvalue weighted by Gasteiger charge is -2.47. The summed E-state index contributed by atoms with van der Waals surface area (Å²) >= 11 is 0. The van der Waals surface area contributed by atoms with Gasteiger partial charge < -0.3 is 9.32 Å². The van der Waals surface area contributed by atoms with Gasteiger partial charge in [-0.2, -0.15) is 0 Å². The lowest BCUT2D eigenvalue weighted by Crippen LogP contribution is -2.59. The number of rotatable bonds is 3. The van der Waals surface area contributed by atoms with Crippen LogP contribution in [0.15, 0.2) is 52.9 Å². The van der Waals surface area contributed by atoms with Gasteiger partial charge in [-0.05, 0) is 44.7 Å². The molecule has 148 valence electrons. The summed E-state index contributed by atoms with van der Waals surface area (Å²) < 4.78 is 5.99. The second-order valence-corrected chi connectivity index (χ2v) is 8.27. The summed E-state index contributed by atoms with van der Waals surface area (Å²) in [6, 6.07) is 15.5. The van der Waals surface area contributed by atoms with Crippen LogP contribution >= 0.6 is 0 Å². The van der Waals surface area contributed by atoms with Crippen molar-refractivity contribution in [3.63, 3.8) is 0 Å². The Morgan fingerprint density at radius 2 is 1.86 bits per heavy atom. The fourth-order valence-electron chi connectivity index (χ4n) is 4.57. The maximum Gasteiger partial charge on any atom is 0.272 e. The van der Waals surface area contributed by atoms with Crippen molar-refractivity contribution in [1.82, 2.24) is 25.0 Å². The molecule has 1 amide bonds. The monoisotopic (exact) mass is 389 g/mol. The van der Waals surface area contributed by atoms with E-state index in [1.165, 1.54) is 0 Å². The van der Waals surface area contributed by atoms with Crippen LogP contribution in [0.25, 0.3) is 11.5 Å². The van der Waals surface area contributed by atoms with Crippen molar-refractivity contribution in [3.8, 4) is 11.5 Å². The van der Waals surface area contributed by atoms with Crippen molar-refractivity contribution in [2.24, 2.45) is 5.41 Å². The molecule has 1 atom stereocenters. The third kappa shape index (κ3) is 3.21. The molecule has 1 spiro atoms. The zero-order valence-electron chi connectivity index (χ0n) is 16.6. The molecule has 2 fully saturated rings. The number of hydrogen-bond donors (Lipinski definition) is 0. The van der Waals surface area contributed by atoms with Crippen molar-refractivity contribution >= 4 is 5.91 Å². The predicted molar refractivity (Wildman–Crippen MR) is 107 cm³/mol. The Bertz CT molecular complexity index is 1040. The molecule has 4 heterocycles. The molecule has 3 aromatic rings. The molecule has 0 saturated carbocycles. The normalized spacial score (nSPS) is 20.8. The highest BCUT2D eigenvalue weighted by molar-refractivity contribution is 5.93. The van der Waals surface area contributed by atoms with E-state index in [9.17, 15) is 4.79 Å². The van der Waals surface area contributed by atoms with Crippen molar-refractivity contribution in [2.75, 3.05) is 26.7 Å². The summed E-state index contributed by atoms with van der Waals surface area (Å²) in [4.78, 5) is 21.2. The molecular formula is C22H23N5O2. The molecule has 5 rings (SSSR count). The predicted octanol–water partition coefficient (Wildman–Crippen LogP) is 2.96. The van der Waals surface area contributed by atoms with Gasteiger partial charge in [0.1, 0.15) is 5.69 Å². The quantitative estimate of drug-likeness (QED) is 0.686. The van der Waals surface area contributed by atoms with E-state index in [4.69, 9.17) is 4.42 Å². The fourth-order valence-corrected chi connectivity index (χ4v) is 4.57. The molecular weight excluding hydrogens is 366 g/mol. The first kappa shape index (κ1) is 18.0. The van der Waals surface area contributed by atoms with E-state index in [0.29, 0.717) is 17.5 Å². The Balaban J connectivity index is 1.28. The largest absolute Gasteiger partial charge is 0.419 e. The number of aromatic nitrogens is 3. The smallest absolute Gasteiger partial charge is 0.272 e. The van der Waals surface area contributed by atoms with Gasteiger partial charge in [0.15, 0.2) is 0 Å². The summed E-state index contributed by atoms with van der Waals surface area (Å²) in [5.41, 5.74) is 2.39. The van der Waals surface area contributed by atoms with Gasteiger partial charge in [0.2, 0.25) is 11.8 Å². The Morgan fingerprint density at radius 1 is 1.07 bits per heavy atom. The van der Waals surface area contributed by atoms with Crippen LogP contribution in [0, 0.1) is 12.3 Å². The van der Waals surface area contributed by atoms with E-state index < -0.39 is 0 Å². The number of benzene rings is 1.